The Morgan fingerprint density at radius 3 is 2.26 bits per heavy atom. The van der Waals surface area contributed by atoms with Gasteiger partial charge in [0.05, 0.1) is 0 Å². The van der Waals surface area contributed by atoms with Crippen molar-refractivity contribution in [2.45, 2.75) is 0 Å². The fraction of sp³-hybridized carbons (Fsp3) is 0. The lowest BCUT2D eigenvalue weighted by atomic mass is 10.0. The first-order valence-electron chi connectivity index (χ1n) is 6.17. The number of hydrogen-bond acceptors (Lipinski definition) is 2. The van der Waals surface area contributed by atoms with Crippen LogP contribution in [0.4, 0.5) is 0 Å². The molecule has 0 fully saturated rings. The van der Waals surface area contributed by atoms with Gasteiger partial charge in [-0.25, -0.2) is 0 Å². The van der Waals surface area contributed by atoms with Gasteiger partial charge in [0.25, 0.3) is 0 Å². The van der Waals surface area contributed by atoms with E-state index in [-0.39, 0.29) is 0 Å². The van der Waals surface area contributed by atoms with E-state index in [4.69, 9.17) is 9.68 Å². The lowest BCUT2D eigenvalue weighted by Crippen LogP contribution is -1.99. The van der Waals surface area contributed by atoms with E-state index in [1.165, 1.54) is 27.5 Å². The van der Waals surface area contributed by atoms with E-state index in [1.54, 1.807) is 0 Å². The van der Waals surface area contributed by atoms with Gasteiger partial charge >= 0.3 is 7.69 Å². The molecule has 2 nitrogen and oxygen atoms in total. The minimum absolute atomic E-state index is 0.644. The predicted octanol–water partition coefficient (Wildman–Crippen LogP) is 3.39. The van der Waals surface area contributed by atoms with Crippen molar-refractivity contribution >= 4 is 18.5 Å². The van der Waals surface area contributed by atoms with Gasteiger partial charge in [-0.15, -0.1) is 0 Å². The standard InChI is InChI=1S/C16H10BO2/c18-17-19-11-7-8-12-13-5-1-3-10-4-2-6-14(16(10)13)15(12)9-11/h1-9,18H. The summed E-state index contributed by atoms with van der Waals surface area (Å²) in [4.78, 5) is 0. The molecule has 0 bridgehead atoms. The predicted molar refractivity (Wildman–Crippen MR) is 77.0 cm³/mol. The van der Waals surface area contributed by atoms with E-state index < -0.39 is 0 Å². The van der Waals surface area contributed by atoms with E-state index in [1.807, 2.05) is 18.2 Å². The van der Waals surface area contributed by atoms with Crippen LogP contribution < -0.4 is 4.65 Å². The molecule has 0 aromatic heterocycles. The number of benzene rings is 3. The maximum Gasteiger partial charge on any atom is 0.569 e. The average Bonchev–Trinajstić information content (AvgIpc) is 2.77. The van der Waals surface area contributed by atoms with Gasteiger partial charge in [0.2, 0.25) is 0 Å². The van der Waals surface area contributed by atoms with Crippen molar-refractivity contribution in [1.29, 1.82) is 0 Å². The Morgan fingerprint density at radius 2 is 1.53 bits per heavy atom. The fourth-order valence-electron chi connectivity index (χ4n) is 2.91. The summed E-state index contributed by atoms with van der Waals surface area (Å²) in [6.07, 6.45) is 0. The Hall–Kier alpha value is -2.26. The van der Waals surface area contributed by atoms with Gasteiger partial charge in [0.1, 0.15) is 5.75 Å². The first-order valence-corrected chi connectivity index (χ1v) is 6.17. The molecule has 3 aromatic carbocycles. The summed E-state index contributed by atoms with van der Waals surface area (Å²) in [6, 6.07) is 18.6. The summed E-state index contributed by atoms with van der Waals surface area (Å²) in [5.74, 6) is 0.644. The molecule has 0 aliphatic heterocycles. The van der Waals surface area contributed by atoms with Crippen LogP contribution in [0, 0.1) is 0 Å². The molecule has 1 aliphatic rings. The molecule has 3 aromatic rings. The normalized spacial score (nSPS) is 11.4. The maximum atomic E-state index is 8.75. The summed E-state index contributed by atoms with van der Waals surface area (Å²) in [5, 5.41) is 11.3. The third kappa shape index (κ3) is 1.42. The molecule has 3 heteroatoms. The summed E-state index contributed by atoms with van der Waals surface area (Å²) in [6.45, 7) is 0. The molecule has 0 atom stereocenters. The van der Waals surface area contributed by atoms with E-state index in [9.17, 15) is 0 Å². The molecular weight excluding hydrogens is 235 g/mol. The summed E-state index contributed by atoms with van der Waals surface area (Å²) in [7, 11) is 0.713. The minimum atomic E-state index is 0.644. The summed E-state index contributed by atoms with van der Waals surface area (Å²) >= 11 is 0. The van der Waals surface area contributed by atoms with Crippen molar-refractivity contribution in [1.82, 2.24) is 0 Å². The highest BCUT2D eigenvalue weighted by Crippen LogP contribution is 2.47. The Kier molecular flexibility index (Phi) is 2.17. The van der Waals surface area contributed by atoms with Crippen molar-refractivity contribution in [2.75, 3.05) is 0 Å². The van der Waals surface area contributed by atoms with Crippen molar-refractivity contribution in [3.05, 3.63) is 54.6 Å². The maximum absolute atomic E-state index is 8.75. The molecule has 0 saturated carbocycles. The van der Waals surface area contributed by atoms with E-state index >= 15 is 0 Å². The second kappa shape index (κ2) is 3.87. The van der Waals surface area contributed by atoms with Crippen LogP contribution in [0.3, 0.4) is 0 Å². The molecule has 0 saturated heterocycles. The average molecular weight is 245 g/mol. The molecule has 0 unspecified atom stereocenters. The molecule has 1 N–H and O–H groups in total. The topological polar surface area (TPSA) is 29.5 Å². The van der Waals surface area contributed by atoms with Gasteiger partial charge in [0, 0.05) is 0 Å². The smallest absolute Gasteiger partial charge is 0.537 e. The lowest BCUT2D eigenvalue weighted by molar-refractivity contribution is 0.454. The monoisotopic (exact) mass is 245 g/mol. The quantitative estimate of drug-likeness (QED) is 0.548. The van der Waals surface area contributed by atoms with Gasteiger partial charge in [-0.3, -0.25) is 0 Å². The minimum Gasteiger partial charge on any atom is -0.537 e. The van der Waals surface area contributed by atoms with E-state index in [0.29, 0.717) is 13.4 Å². The van der Waals surface area contributed by atoms with Crippen LogP contribution in [0.1, 0.15) is 0 Å². The van der Waals surface area contributed by atoms with Crippen LogP contribution >= 0.6 is 0 Å². The van der Waals surface area contributed by atoms with Crippen LogP contribution in [0.2, 0.25) is 0 Å². The number of fused-ring (bicyclic) bond motifs is 3. The third-order valence-corrected chi connectivity index (χ3v) is 3.66. The molecule has 1 aliphatic carbocycles. The Labute approximate surface area is 111 Å². The molecule has 0 amide bonds. The molecule has 1 radical (unpaired) electrons. The highest BCUT2D eigenvalue weighted by atomic mass is 16.5. The van der Waals surface area contributed by atoms with E-state index in [2.05, 4.69) is 36.4 Å². The molecule has 0 heterocycles. The van der Waals surface area contributed by atoms with Crippen molar-refractivity contribution < 1.29 is 9.68 Å². The zero-order valence-corrected chi connectivity index (χ0v) is 10.1. The van der Waals surface area contributed by atoms with Crippen LogP contribution in [0.15, 0.2) is 54.6 Å². The Bertz CT molecular complexity index is 791. The zero-order chi connectivity index (χ0) is 12.8. The lowest BCUT2D eigenvalue weighted by Gasteiger charge is -2.06. The van der Waals surface area contributed by atoms with Crippen LogP contribution in [-0.4, -0.2) is 12.7 Å². The van der Waals surface area contributed by atoms with Crippen molar-refractivity contribution in [3.63, 3.8) is 0 Å². The molecule has 89 valence electrons. The van der Waals surface area contributed by atoms with Crippen LogP contribution in [-0.2, 0) is 0 Å². The SMILES string of the molecule is O[B]Oc1ccc2c(c1)-c1cccc3cccc-2c13. The Balaban J connectivity index is 2.06. The van der Waals surface area contributed by atoms with Gasteiger partial charge in [0.15, 0.2) is 0 Å². The molecular formula is C16H10BO2. The van der Waals surface area contributed by atoms with Crippen molar-refractivity contribution in [3.8, 4) is 28.0 Å². The van der Waals surface area contributed by atoms with Crippen molar-refractivity contribution in [2.24, 2.45) is 0 Å². The molecule has 19 heavy (non-hydrogen) atoms. The summed E-state index contributed by atoms with van der Waals surface area (Å²) in [5.41, 5.74) is 4.87. The first-order chi connectivity index (χ1) is 9.38. The third-order valence-electron chi connectivity index (χ3n) is 3.66. The second-order valence-corrected chi connectivity index (χ2v) is 4.64. The molecule has 4 rings (SSSR count). The first kappa shape index (κ1) is 10.6. The molecule has 0 spiro atoms. The van der Waals surface area contributed by atoms with Gasteiger partial charge in [-0.1, -0.05) is 42.5 Å². The highest BCUT2D eigenvalue weighted by molar-refractivity contribution is 6.18. The van der Waals surface area contributed by atoms with E-state index in [0.717, 1.165) is 5.56 Å². The van der Waals surface area contributed by atoms with Gasteiger partial charge < -0.3 is 9.68 Å². The van der Waals surface area contributed by atoms with Gasteiger partial charge in [-0.2, -0.15) is 0 Å². The fourth-order valence-corrected chi connectivity index (χ4v) is 2.91. The summed E-state index contributed by atoms with van der Waals surface area (Å²) < 4.78 is 5.06. The zero-order valence-electron chi connectivity index (χ0n) is 10.1. The number of hydrogen-bond donors (Lipinski definition) is 1. The van der Waals surface area contributed by atoms with Gasteiger partial charge in [-0.05, 0) is 45.2 Å². The highest BCUT2D eigenvalue weighted by Gasteiger charge is 2.21. The van der Waals surface area contributed by atoms with Crippen LogP contribution in [0.5, 0.6) is 5.75 Å². The largest absolute Gasteiger partial charge is 0.569 e. The Morgan fingerprint density at radius 1 is 0.789 bits per heavy atom. The second-order valence-electron chi connectivity index (χ2n) is 4.64. The number of rotatable bonds is 2. The van der Waals surface area contributed by atoms with Crippen LogP contribution in [0.25, 0.3) is 33.0 Å².